The molecule has 0 aliphatic rings. The Morgan fingerprint density at radius 2 is 1.95 bits per heavy atom. The van der Waals surface area contributed by atoms with Gasteiger partial charge in [0.1, 0.15) is 6.61 Å². The molecule has 1 rings (SSSR count). The van der Waals surface area contributed by atoms with Gasteiger partial charge in [0, 0.05) is 13.1 Å². The summed E-state index contributed by atoms with van der Waals surface area (Å²) in [6, 6.07) is 7.74. The summed E-state index contributed by atoms with van der Waals surface area (Å²) in [7, 11) is 5.77. The van der Waals surface area contributed by atoms with Gasteiger partial charge in [-0.3, -0.25) is 0 Å². The van der Waals surface area contributed by atoms with Crippen molar-refractivity contribution in [3.8, 4) is 11.5 Å². The van der Waals surface area contributed by atoms with E-state index in [9.17, 15) is 0 Å². The van der Waals surface area contributed by atoms with E-state index in [1.54, 1.807) is 7.11 Å². The van der Waals surface area contributed by atoms with E-state index in [1.807, 2.05) is 31.3 Å². The highest BCUT2D eigenvalue weighted by atomic mass is 16.5. The number of ether oxygens (including phenoxy) is 2. The van der Waals surface area contributed by atoms with E-state index < -0.39 is 0 Å². The van der Waals surface area contributed by atoms with Gasteiger partial charge in [-0.05, 0) is 38.7 Å². The molecule has 0 fully saturated rings. The van der Waals surface area contributed by atoms with Crippen molar-refractivity contribution < 1.29 is 9.47 Å². The third kappa shape index (κ3) is 5.94. The Kier molecular flexibility index (Phi) is 7.30. The second-order valence-electron chi connectivity index (χ2n) is 4.92. The van der Waals surface area contributed by atoms with Crippen molar-refractivity contribution in [1.29, 1.82) is 0 Å². The molecule has 0 radical (unpaired) electrons. The lowest BCUT2D eigenvalue weighted by molar-refractivity contribution is 0.213. The molecule has 0 saturated carbocycles. The second-order valence-corrected chi connectivity index (χ2v) is 4.92. The van der Waals surface area contributed by atoms with E-state index in [2.05, 4.69) is 24.2 Å². The Balaban J connectivity index is 2.29. The van der Waals surface area contributed by atoms with Gasteiger partial charge in [-0.15, -0.1) is 0 Å². The van der Waals surface area contributed by atoms with Crippen LogP contribution in [0.25, 0.3) is 0 Å². The smallest absolute Gasteiger partial charge is 0.161 e. The van der Waals surface area contributed by atoms with E-state index in [-0.39, 0.29) is 0 Å². The SMILES string of the molecule is CNCC(C)CN(C)CCOc1ccccc1OC. The van der Waals surface area contributed by atoms with Gasteiger partial charge in [-0.1, -0.05) is 19.1 Å². The molecule has 4 nitrogen and oxygen atoms in total. The lowest BCUT2D eigenvalue weighted by atomic mass is 10.2. The number of nitrogens with one attached hydrogen (secondary N) is 1. The Bertz CT molecular complexity index is 358. The zero-order chi connectivity index (χ0) is 14.1. The van der Waals surface area contributed by atoms with E-state index in [1.165, 1.54) is 0 Å². The van der Waals surface area contributed by atoms with E-state index in [4.69, 9.17) is 9.47 Å². The molecule has 1 N–H and O–H groups in total. The summed E-state index contributed by atoms with van der Waals surface area (Å²) in [6.45, 7) is 5.93. The standard InChI is InChI=1S/C15H26N2O2/c1-13(11-16-2)12-17(3)9-10-19-15-8-6-5-7-14(15)18-4/h5-8,13,16H,9-12H2,1-4H3. The first-order valence-corrected chi connectivity index (χ1v) is 6.76. The van der Waals surface area contributed by atoms with Crippen molar-refractivity contribution in [2.75, 3.05) is 47.4 Å². The lowest BCUT2D eigenvalue weighted by Gasteiger charge is -2.21. The number of para-hydroxylation sites is 2. The third-order valence-corrected chi connectivity index (χ3v) is 2.98. The van der Waals surface area contributed by atoms with Gasteiger partial charge in [0.15, 0.2) is 11.5 Å². The van der Waals surface area contributed by atoms with E-state index >= 15 is 0 Å². The fraction of sp³-hybridized carbons (Fsp3) is 0.600. The zero-order valence-electron chi connectivity index (χ0n) is 12.5. The maximum absolute atomic E-state index is 5.76. The number of likely N-dealkylation sites (N-methyl/N-ethyl adjacent to an activating group) is 1. The summed E-state index contributed by atoms with van der Waals surface area (Å²) >= 11 is 0. The molecule has 1 aromatic carbocycles. The first-order valence-electron chi connectivity index (χ1n) is 6.76. The van der Waals surface area contributed by atoms with Gasteiger partial charge in [0.25, 0.3) is 0 Å². The average molecular weight is 266 g/mol. The minimum absolute atomic E-state index is 0.640. The van der Waals surface area contributed by atoms with Crippen LogP contribution in [0.15, 0.2) is 24.3 Å². The predicted molar refractivity (Wildman–Crippen MR) is 79.1 cm³/mol. The van der Waals surface area contributed by atoms with Crippen LogP contribution in [0.4, 0.5) is 0 Å². The van der Waals surface area contributed by atoms with Crippen LogP contribution >= 0.6 is 0 Å². The average Bonchev–Trinajstić information content (AvgIpc) is 2.39. The van der Waals surface area contributed by atoms with Crippen LogP contribution in [0.3, 0.4) is 0 Å². The number of hydrogen-bond donors (Lipinski definition) is 1. The van der Waals surface area contributed by atoms with Crippen molar-refractivity contribution >= 4 is 0 Å². The number of nitrogens with zero attached hydrogens (tertiary/aromatic N) is 1. The Morgan fingerprint density at radius 3 is 2.58 bits per heavy atom. The van der Waals surface area contributed by atoms with Gasteiger partial charge >= 0.3 is 0 Å². The third-order valence-electron chi connectivity index (χ3n) is 2.98. The van der Waals surface area contributed by atoms with Gasteiger partial charge in [-0.2, -0.15) is 0 Å². The van der Waals surface area contributed by atoms with E-state index in [0.717, 1.165) is 31.1 Å². The Morgan fingerprint density at radius 1 is 1.26 bits per heavy atom. The first kappa shape index (κ1) is 15.8. The highest BCUT2D eigenvalue weighted by molar-refractivity contribution is 5.39. The number of methoxy groups -OCH3 is 1. The molecule has 1 unspecified atom stereocenters. The van der Waals surface area contributed by atoms with Crippen LogP contribution in [0, 0.1) is 5.92 Å². The molecule has 0 amide bonds. The molecule has 0 heterocycles. The van der Waals surface area contributed by atoms with Crippen LogP contribution in [-0.4, -0.2) is 52.3 Å². The molecule has 0 saturated heterocycles. The predicted octanol–water partition coefficient (Wildman–Crippen LogP) is 1.86. The molecule has 1 aromatic rings. The van der Waals surface area contributed by atoms with Gasteiger partial charge in [-0.25, -0.2) is 0 Å². The van der Waals surface area contributed by atoms with Crippen LogP contribution in [0.2, 0.25) is 0 Å². The molecule has 108 valence electrons. The lowest BCUT2D eigenvalue weighted by Crippen LogP contribution is -2.32. The van der Waals surface area contributed by atoms with Gasteiger partial charge in [0.2, 0.25) is 0 Å². The fourth-order valence-corrected chi connectivity index (χ4v) is 2.09. The summed E-state index contributed by atoms with van der Waals surface area (Å²) in [5.41, 5.74) is 0. The van der Waals surface area contributed by atoms with Crippen molar-refractivity contribution in [2.45, 2.75) is 6.92 Å². The largest absolute Gasteiger partial charge is 0.493 e. The summed E-state index contributed by atoms with van der Waals surface area (Å²) in [6.07, 6.45) is 0. The maximum atomic E-state index is 5.76. The normalized spacial score (nSPS) is 12.5. The van der Waals surface area contributed by atoms with Crippen LogP contribution < -0.4 is 14.8 Å². The monoisotopic (exact) mass is 266 g/mol. The molecule has 0 aliphatic heterocycles. The summed E-state index contributed by atoms with van der Waals surface area (Å²) in [5.74, 6) is 2.23. The molecule has 19 heavy (non-hydrogen) atoms. The molecular weight excluding hydrogens is 240 g/mol. The maximum Gasteiger partial charge on any atom is 0.161 e. The quantitative estimate of drug-likeness (QED) is 0.740. The highest BCUT2D eigenvalue weighted by Crippen LogP contribution is 2.25. The fourth-order valence-electron chi connectivity index (χ4n) is 2.09. The van der Waals surface area contributed by atoms with Crippen LogP contribution in [-0.2, 0) is 0 Å². The molecule has 0 aromatic heterocycles. The first-order chi connectivity index (χ1) is 9.17. The molecular formula is C15H26N2O2. The summed E-state index contributed by atoms with van der Waals surface area (Å²) in [4.78, 5) is 2.29. The van der Waals surface area contributed by atoms with Gasteiger partial charge < -0.3 is 19.7 Å². The topological polar surface area (TPSA) is 33.7 Å². The van der Waals surface area contributed by atoms with E-state index in [0.29, 0.717) is 12.5 Å². The Labute approximate surface area is 116 Å². The second kappa shape index (κ2) is 8.77. The molecule has 4 heteroatoms. The van der Waals surface area contributed by atoms with Crippen LogP contribution in [0.5, 0.6) is 11.5 Å². The molecule has 0 bridgehead atoms. The highest BCUT2D eigenvalue weighted by Gasteiger charge is 2.07. The number of hydrogen-bond acceptors (Lipinski definition) is 4. The summed E-state index contributed by atoms with van der Waals surface area (Å²) < 4.78 is 11.0. The van der Waals surface area contributed by atoms with Crippen molar-refractivity contribution in [3.05, 3.63) is 24.3 Å². The molecule has 0 aliphatic carbocycles. The zero-order valence-corrected chi connectivity index (χ0v) is 12.5. The molecule has 0 spiro atoms. The summed E-state index contributed by atoms with van der Waals surface area (Å²) in [5, 5.41) is 3.20. The molecule has 1 atom stereocenters. The van der Waals surface area contributed by atoms with Crippen molar-refractivity contribution in [2.24, 2.45) is 5.92 Å². The number of rotatable bonds is 9. The van der Waals surface area contributed by atoms with Crippen molar-refractivity contribution in [1.82, 2.24) is 10.2 Å². The minimum atomic E-state index is 0.640. The number of benzene rings is 1. The Hall–Kier alpha value is -1.26. The van der Waals surface area contributed by atoms with Crippen LogP contribution in [0.1, 0.15) is 6.92 Å². The van der Waals surface area contributed by atoms with Gasteiger partial charge in [0.05, 0.1) is 7.11 Å². The minimum Gasteiger partial charge on any atom is -0.493 e. The van der Waals surface area contributed by atoms with Crippen molar-refractivity contribution in [3.63, 3.8) is 0 Å².